The molecule has 3 aromatic rings. The van der Waals surface area contributed by atoms with E-state index in [2.05, 4.69) is 68.8 Å². The van der Waals surface area contributed by atoms with Crippen molar-refractivity contribution in [2.24, 2.45) is 0 Å². The highest BCUT2D eigenvalue weighted by molar-refractivity contribution is 7.17. The minimum absolute atomic E-state index is 0.0810. The molecule has 0 amide bonds. The van der Waals surface area contributed by atoms with Gasteiger partial charge in [-0.05, 0) is 29.6 Å². The van der Waals surface area contributed by atoms with Crippen molar-refractivity contribution in [3.8, 4) is 11.1 Å². The van der Waals surface area contributed by atoms with E-state index in [9.17, 15) is 9.59 Å². The molecule has 1 N–H and O–H groups in total. The Bertz CT molecular complexity index is 1060. The van der Waals surface area contributed by atoms with Gasteiger partial charge in [0.05, 0.1) is 5.39 Å². The third-order valence-corrected chi connectivity index (χ3v) is 6.21. The average Bonchev–Trinajstić information content (AvgIpc) is 3.08. The number of hydrogen-bond donors (Lipinski definition) is 1. The Labute approximate surface area is 169 Å². The van der Waals surface area contributed by atoms with Gasteiger partial charge in [0.2, 0.25) is 0 Å². The first-order valence-corrected chi connectivity index (χ1v) is 10.7. The fourth-order valence-electron chi connectivity index (χ4n) is 3.40. The van der Waals surface area contributed by atoms with Gasteiger partial charge in [-0.25, -0.2) is 4.79 Å². The Kier molecular flexibility index (Phi) is 5.91. The van der Waals surface area contributed by atoms with Gasteiger partial charge in [-0.2, -0.15) is 0 Å². The van der Waals surface area contributed by atoms with Crippen LogP contribution in [0.1, 0.15) is 40.2 Å². The van der Waals surface area contributed by atoms with Gasteiger partial charge in [0, 0.05) is 24.0 Å². The molecule has 0 saturated heterocycles. The van der Waals surface area contributed by atoms with Crippen molar-refractivity contribution in [3.63, 3.8) is 0 Å². The Morgan fingerprint density at radius 1 is 1.07 bits per heavy atom. The molecule has 0 fully saturated rings. The minimum Gasteiger partial charge on any atom is -0.302 e. The van der Waals surface area contributed by atoms with Gasteiger partial charge in [-0.3, -0.25) is 14.3 Å². The quantitative estimate of drug-likeness (QED) is 0.680. The van der Waals surface area contributed by atoms with E-state index in [4.69, 9.17) is 0 Å². The number of hydrogen-bond acceptors (Lipinski definition) is 4. The second kappa shape index (κ2) is 8.05. The maximum absolute atomic E-state index is 13.2. The number of nitrogens with zero attached hydrogens (tertiary/aromatic N) is 2. The van der Waals surface area contributed by atoms with Crippen LogP contribution in [0.5, 0.6) is 0 Å². The van der Waals surface area contributed by atoms with Gasteiger partial charge < -0.3 is 4.90 Å². The lowest BCUT2D eigenvalue weighted by Gasteiger charge is -2.19. The summed E-state index contributed by atoms with van der Waals surface area (Å²) in [6.07, 6.45) is 0. The zero-order valence-corrected chi connectivity index (χ0v) is 18.2. The van der Waals surface area contributed by atoms with Crippen molar-refractivity contribution in [1.82, 2.24) is 14.5 Å². The third kappa shape index (κ3) is 3.98. The van der Waals surface area contributed by atoms with Crippen molar-refractivity contribution in [2.75, 3.05) is 19.6 Å². The second-order valence-corrected chi connectivity index (χ2v) is 8.97. The van der Waals surface area contributed by atoms with Crippen LogP contribution in [0, 0.1) is 0 Å². The summed E-state index contributed by atoms with van der Waals surface area (Å²) in [6, 6.07) is 8.35. The van der Waals surface area contributed by atoms with Gasteiger partial charge in [-0.1, -0.05) is 58.9 Å². The van der Waals surface area contributed by atoms with Crippen LogP contribution in [0.25, 0.3) is 21.3 Å². The first-order chi connectivity index (χ1) is 13.3. The summed E-state index contributed by atoms with van der Waals surface area (Å²) in [5.74, 6) is 0. The van der Waals surface area contributed by atoms with E-state index in [0.29, 0.717) is 23.3 Å². The van der Waals surface area contributed by atoms with E-state index in [0.717, 1.165) is 24.2 Å². The molecular formula is C22H29N3O2S. The highest BCUT2D eigenvalue weighted by atomic mass is 32.1. The summed E-state index contributed by atoms with van der Waals surface area (Å²) < 4.78 is 1.33. The van der Waals surface area contributed by atoms with Gasteiger partial charge >= 0.3 is 5.69 Å². The molecule has 0 aliphatic heterocycles. The molecule has 0 bridgehead atoms. The zero-order chi connectivity index (χ0) is 20.5. The SMILES string of the molecule is CCN(CC)CCn1c(=O)[nH]c2scc(-c3ccc(C(C)(C)C)cc3)c2c1=O. The first-order valence-electron chi connectivity index (χ1n) is 9.83. The van der Waals surface area contributed by atoms with Crippen LogP contribution >= 0.6 is 11.3 Å². The van der Waals surface area contributed by atoms with Crippen LogP contribution in [0.3, 0.4) is 0 Å². The van der Waals surface area contributed by atoms with E-state index in [1.807, 2.05) is 5.38 Å². The Balaban J connectivity index is 2.05. The van der Waals surface area contributed by atoms with E-state index in [1.165, 1.54) is 21.5 Å². The number of aromatic amines is 1. The van der Waals surface area contributed by atoms with E-state index >= 15 is 0 Å². The summed E-state index contributed by atoms with van der Waals surface area (Å²) in [5, 5.41) is 2.57. The summed E-state index contributed by atoms with van der Waals surface area (Å²) in [7, 11) is 0. The lowest BCUT2D eigenvalue weighted by atomic mass is 9.86. The molecule has 28 heavy (non-hydrogen) atoms. The molecule has 0 aliphatic carbocycles. The van der Waals surface area contributed by atoms with Gasteiger partial charge in [0.1, 0.15) is 4.83 Å². The molecule has 0 aliphatic rings. The normalized spacial score (nSPS) is 12.2. The zero-order valence-electron chi connectivity index (χ0n) is 17.3. The predicted molar refractivity (Wildman–Crippen MR) is 119 cm³/mol. The van der Waals surface area contributed by atoms with Crippen LogP contribution in [-0.4, -0.2) is 34.1 Å². The number of nitrogens with one attached hydrogen (secondary N) is 1. The van der Waals surface area contributed by atoms with E-state index in [1.54, 1.807) is 0 Å². The molecular weight excluding hydrogens is 370 g/mol. The Morgan fingerprint density at radius 2 is 1.71 bits per heavy atom. The van der Waals surface area contributed by atoms with E-state index in [-0.39, 0.29) is 16.7 Å². The number of benzene rings is 1. The molecule has 2 heterocycles. The number of H-pyrrole nitrogens is 1. The number of thiophene rings is 1. The molecule has 0 saturated carbocycles. The maximum atomic E-state index is 13.2. The number of fused-ring (bicyclic) bond motifs is 1. The van der Waals surface area contributed by atoms with Crippen molar-refractivity contribution in [1.29, 1.82) is 0 Å². The van der Waals surface area contributed by atoms with Crippen molar-refractivity contribution >= 4 is 21.6 Å². The number of likely N-dealkylation sites (N-methyl/N-ethyl adjacent to an activating group) is 1. The summed E-state index contributed by atoms with van der Waals surface area (Å²) >= 11 is 1.41. The average molecular weight is 400 g/mol. The fourth-order valence-corrected chi connectivity index (χ4v) is 4.35. The Hall–Kier alpha value is -2.18. The van der Waals surface area contributed by atoms with Crippen molar-refractivity contribution in [2.45, 2.75) is 46.6 Å². The van der Waals surface area contributed by atoms with Crippen LogP contribution in [0.4, 0.5) is 0 Å². The highest BCUT2D eigenvalue weighted by Gasteiger charge is 2.17. The lowest BCUT2D eigenvalue weighted by Crippen LogP contribution is -2.39. The van der Waals surface area contributed by atoms with Crippen LogP contribution in [0.2, 0.25) is 0 Å². The lowest BCUT2D eigenvalue weighted by molar-refractivity contribution is 0.287. The largest absolute Gasteiger partial charge is 0.329 e. The number of rotatable bonds is 6. The molecule has 5 nitrogen and oxygen atoms in total. The monoisotopic (exact) mass is 399 g/mol. The molecule has 6 heteroatoms. The predicted octanol–water partition coefficient (Wildman–Crippen LogP) is 4.06. The highest BCUT2D eigenvalue weighted by Crippen LogP contribution is 2.32. The molecule has 0 spiro atoms. The van der Waals surface area contributed by atoms with E-state index < -0.39 is 0 Å². The molecule has 150 valence electrons. The van der Waals surface area contributed by atoms with Crippen molar-refractivity contribution in [3.05, 3.63) is 56.0 Å². The second-order valence-electron chi connectivity index (χ2n) is 8.09. The van der Waals surface area contributed by atoms with Crippen LogP contribution in [0.15, 0.2) is 39.2 Å². The summed E-state index contributed by atoms with van der Waals surface area (Å²) in [6.45, 7) is 13.6. The molecule has 2 aromatic heterocycles. The fraction of sp³-hybridized carbons (Fsp3) is 0.455. The molecule has 0 radical (unpaired) electrons. The molecule has 0 atom stereocenters. The van der Waals surface area contributed by atoms with Crippen LogP contribution in [-0.2, 0) is 12.0 Å². The third-order valence-electron chi connectivity index (χ3n) is 5.31. The minimum atomic E-state index is -0.332. The molecule has 1 aromatic carbocycles. The summed E-state index contributed by atoms with van der Waals surface area (Å²) in [5.41, 5.74) is 2.68. The maximum Gasteiger partial charge on any atom is 0.329 e. The number of aromatic nitrogens is 2. The summed E-state index contributed by atoms with van der Waals surface area (Å²) in [4.78, 5) is 31.3. The molecule has 3 rings (SSSR count). The molecule has 0 unspecified atom stereocenters. The van der Waals surface area contributed by atoms with Crippen molar-refractivity contribution < 1.29 is 0 Å². The standard InChI is InChI=1S/C22H29N3O2S/c1-6-24(7-2)12-13-25-20(26)18-17(14-28-19(18)23-21(25)27)15-8-10-16(11-9-15)22(3,4)5/h8-11,14H,6-7,12-13H2,1-5H3,(H,23,27). The Morgan fingerprint density at radius 3 is 2.29 bits per heavy atom. The topological polar surface area (TPSA) is 58.1 Å². The van der Waals surface area contributed by atoms with Gasteiger partial charge in [0.15, 0.2) is 0 Å². The van der Waals surface area contributed by atoms with Crippen LogP contribution < -0.4 is 11.2 Å². The smallest absolute Gasteiger partial charge is 0.302 e. The van der Waals surface area contributed by atoms with Gasteiger partial charge in [0.25, 0.3) is 5.56 Å². The van der Waals surface area contributed by atoms with Gasteiger partial charge in [-0.15, -0.1) is 11.3 Å². The first kappa shape index (κ1) is 20.6.